The molecule has 0 saturated heterocycles. The lowest BCUT2D eigenvalue weighted by Gasteiger charge is -2.02. The van der Waals surface area contributed by atoms with Crippen molar-refractivity contribution >= 4 is 5.95 Å². The Hall–Kier alpha value is -2.96. The molecule has 100 valence electrons. The van der Waals surface area contributed by atoms with E-state index in [-0.39, 0.29) is 12.0 Å². The second kappa shape index (κ2) is 4.96. The van der Waals surface area contributed by atoms with Crippen LogP contribution in [0, 0.1) is 6.92 Å². The summed E-state index contributed by atoms with van der Waals surface area (Å²) in [5.41, 5.74) is 7.18. The van der Waals surface area contributed by atoms with E-state index in [1.807, 2.05) is 30.3 Å². The van der Waals surface area contributed by atoms with Gasteiger partial charge in [-0.2, -0.15) is 9.97 Å². The third-order valence-electron chi connectivity index (χ3n) is 2.54. The zero-order valence-corrected chi connectivity index (χ0v) is 10.8. The number of rotatable bonds is 3. The smallest absolute Gasteiger partial charge is 0.342 e. The molecule has 0 aliphatic heterocycles. The van der Waals surface area contributed by atoms with E-state index in [2.05, 4.69) is 20.1 Å². The van der Waals surface area contributed by atoms with Crippen molar-refractivity contribution < 1.29 is 4.74 Å². The van der Waals surface area contributed by atoms with Crippen LogP contribution >= 0.6 is 0 Å². The molecule has 7 heteroatoms. The molecule has 0 saturated carbocycles. The quantitative estimate of drug-likeness (QED) is 0.777. The summed E-state index contributed by atoms with van der Waals surface area (Å²) in [6.07, 6.45) is 1.57. The molecule has 0 aliphatic carbocycles. The Labute approximate surface area is 115 Å². The third kappa shape index (κ3) is 2.56. The highest BCUT2D eigenvalue weighted by atomic mass is 16.5. The Morgan fingerprint density at radius 2 is 1.95 bits per heavy atom. The van der Waals surface area contributed by atoms with Crippen molar-refractivity contribution in [1.29, 1.82) is 0 Å². The monoisotopic (exact) mass is 268 g/mol. The summed E-state index contributed by atoms with van der Waals surface area (Å²) < 4.78 is 7.09. The lowest BCUT2D eigenvalue weighted by molar-refractivity contribution is 0.424. The number of anilines is 1. The first-order chi connectivity index (χ1) is 9.70. The SMILES string of the molecule is Cc1cc(Oc2ncn(-c3ccccc3)n2)nc(N)n1. The van der Waals surface area contributed by atoms with E-state index < -0.39 is 0 Å². The van der Waals surface area contributed by atoms with Gasteiger partial charge in [0.2, 0.25) is 11.8 Å². The Morgan fingerprint density at radius 1 is 1.15 bits per heavy atom. The highest BCUT2D eigenvalue weighted by Gasteiger charge is 2.07. The fraction of sp³-hybridized carbons (Fsp3) is 0.0769. The van der Waals surface area contributed by atoms with Gasteiger partial charge in [0.25, 0.3) is 0 Å². The molecule has 2 aromatic heterocycles. The second-order valence-corrected chi connectivity index (χ2v) is 4.12. The average Bonchev–Trinajstić information content (AvgIpc) is 2.87. The van der Waals surface area contributed by atoms with E-state index in [4.69, 9.17) is 10.5 Å². The van der Waals surface area contributed by atoms with E-state index in [1.54, 1.807) is 24.0 Å². The molecule has 2 heterocycles. The van der Waals surface area contributed by atoms with Crippen LogP contribution in [0.5, 0.6) is 11.9 Å². The molecular formula is C13H12N6O. The number of nitrogens with zero attached hydrogens (tertiary/aromatic N) is 5. The first kappa shape index (κ1) is 12.1. The predicted octanol–water partition coefficient (Wildman–Crippen LogP) is 1.74. The van der Waals surface area contributed by atoms with E-state index >= 15 is 0 Å². The number of hydrogen-bond donors (Lipinski definition) is 1. The van der Waals surface area contributed by atoms with Crippen LogP contribution in [-0.4, -0.2) is 24.7 Å². The molecule has 1 aromatic carbocycles. The molecule has 0 atom stereocenters. The number of hydrogen-bond acceptors (Lipinski definition) is 6. The van der Waals surface area contributed by atoms with Gasteiger partial charge in [0.05, 0.1) is 5.69 Å². The summed E-state index contributed by atoms with van der Waals surface area (Å²) in [5, 5.41) is 4.22. The molecule has 3 rings (SSSR count). The first-order valence-electron chi connectivity index (χ1n) is 5.97. The average molecular weight is 268 g/mol. The van der Waals surface area contributed by atoms with Gasteiger partial charge >= 0.3 is 6.01 Å². The summed E-state index contributed by atoms with van der Waals surface area (Å²) in [6.45, 7) is 1.81. The van der Waals surface area contributed by atoms with Crippen LogP contribution in [0.25, 0.3) is 5.69 Å². The van der Waals surface area contributed by atoms with Gasteiger partial charge in [-0.25, -0.2) is 9.67 Å². The number of nitrogens with two attached hydrogens (primary N) is 1. The number of nitrogen functional groups attached to an aromatic ring is 1. The molecule has 3 aromatic rings. The van der Waals surface area contributed by atoms with E-state index in [9.17, 15) is 0 Å². The summed E-state index contributed by atoms with van der Waals surface area (Å²) in [4.78, 5) is 12.0. The summed E-state index contributed by atoms with van der Waals surface area (Å²) in [7, 11) is 0. The van der Waals surface area contributed by atoms with Gasteiger partial charge in [-0.1, -0.05) is 18.2 Å². The van der Waals surface area contributed by atoms with Crippen LogP contribution in [0.2, 0.25) is 0 Å². The maximum Gasteiger partial charge on any atom is 0.342 e. The van der Waals surface area contributed by atoms with Crippen molar-refractivity contribution in [1.82, 2.24) is 24.7 Å². The van der Waals surface area contributed by atoms with Crippen LogP contribution in [0.1, 0.15) is 5.69 Å². The molecule has 0 fully saturated rings. The van der Waals surface area contributed by atoms with E-state index in [0.717, 1.165) is 11.4 Å². The van der Waals surface area contributed by atoms with E-state index in [1.165, 1.54) is 0 Å². The number of para-hydroxylation sites is 1. The van der Waals surface area contributed by atoms with Crippen LogP contribution in [-0.2, 0) is 0 Å². The van der Waals surface area contributed by atoms with Gasteiger partial charge in [0.1, 0.15) is 6.33 Å². The number of ether oxygens (including phenoxy) is 1. The molecule has 7 nitrogen and oxygen atoms in total. The van der Waals surface area contributed by atoms with Crippen molar-refractivity contribution in [2.24, 2.45) is 0 Å². The maximum absolute atomic E-state index is 5.56. The molecule has 2 N–H and O–H groups in total. The van der Waals surface area contributed by atoms with Gasteiger partial charge in [-0.15, -0.1) is 5.10 Å². The van der Waals surface area contributed by atoms with Crippen LogP contribution in [0.4, 0.5) is 5.95 Å². The molecule has 0 bridgehead atoms. The fourth-order valence-electron chi connectivity index (χ4n) is 1.71. The Kier molecular flexibility index (Phi) is 3.00. The fourth-order valence-corrected chi connectivity index (χ4v) is 1.71. The van der Waals surface area contributed by atoms with Crippen molar-refractivity contribution in [2.45, 2.75) is 6.92 Å². The highest BCUT2D eigenvalue weighted by Crippen LogP contribution is 2.17. The number of benzene rings is 1. The number of aryl methyl sites for hydroxylation is 1. The Balaban J connectivity index is 1.84. The minimum absolute atomic E-state index is 0.155. The predicted molar refractivity (Wildman–Crippen MR) is 72.6 cm³/mol. The summed E-state index contributed by atoms with van der Waals surface area (Å²) >= 11 is 0. The van der Waals surface area contributed by atoms with Gasteiger partial charge in [-0.05, 0) is 19.1 Å². The van der Waals surface area contributed by atoms with Gasteiger partial charge in [-0.3, -0.25) is 0 Å². The largest absolute Gasteiger partial charge is 0.404 e. The maximum atomic E-state index is 5.56. The minimum atomic E-state index is 0.155. The molecule has 20 heavy (non-hydrogen) atoms. The van der Waals surface area contributed by atoms with Crippen molar-refractivity contribution in [2.75, 3.05) is 5.73 Å². The zero-order chi connectivity index (χ0) is 13.9. The Bertz CT molecular complexity index is 704. The summed E-state index contributed by atoms with van der Waals surface area (Å²) in [6, 6.07) is 11.5. The van der Waals surface area contributed by atoms with Gasteiger partial charge < -0.3 is 10.5 Å². The number of aromatic nitrogens is 5. The standard InChI is InChI=1S/C13H12N6O/c1-9-7-11(17-12(14)16-9)20-13-15-8-19(18-13)10-5-3-2-4-6-10/h2-8H,1H3,(H2,14,16,17). The van der Waals surface area contributed by atoms with Crippen molar-refractivity contribution in [3.63, 3.8) is 0 Å². The molecular weight excluding hydrogens is 256 g/mol. The minimum Gasteiger partial charge on any atom is -0.404 e. The Morgan fingerprint density at radius 3 is 2.70 bits per heavy atom. The normalized spacial score (nSPS) is 10.4. The third-order valence-corrected chi connectivity index (χ3v) is 2.54. The molecule has 0 spiro atoms. The highest BCUT2D eigenvalue weighted by molar-refractivity contribution is 5.30. The van der Waals surface area contributed by atoms with Crippen LogP contribution in [0.3, 0.4) is 0 Å². The van der Waals surface area contributed by atoms with E-state index in [0.29, 0.717) is 5.88 Å². The first-order valence-corrected chi connectivity index (χ1v) is 5.97. The summed E-state index contributed by atoms with van der Waals surface area (Å²) in [5.74, 6) is 0.475. The molecule has 0 unspecified atom stereocenters. The topological polar surface area (TPSA) is 91.7 Å². The van der Waals surface area contributed by atoms with Crippen LogP contribution < -0.4 is 10.5 Å². The molecule has 0 radical (unpaired) electrons. The van der Waals surface area contributed by atoms with Crippen molar-refractivity contribution in [3.8, 4) is 17.6 Å². The van der Waals surface area contributed by atoms with Crippen molar-refractivity contribution in [3.05, 3.63) is 48.4 Å². The lowest BCUT2D eigenvalue weighted by atomic mass is 10.3. The van der Waals surface area contributed by atoms with Crippen LogP contribution in [0.15, 0.2) is 42.7 Å². The second-order valence-electron chi connectivity index (χ2n) is 4.12. The van der Waals surface area contributed by atoms with Gasteiger partial charge in [0.15, 0.2) is 0 Å². The van der Waals surface area contributed by atoms with Gasteiger partial charge in [0, 0.05) is 11.8 Å². The zero-order valence-electron chi connectivity index (χ0n) is 10.8. The molecule has 0 aliphatic rings. The molecule has 0 amide bonds. The lowest BCUT2D eigenvalue weighted by Crippen LogP contribution is -2.00.